The summed E-state index contributed by atoms with van der Waals surface area (Å²) in [5, 5.41) is 5.52. The minimum absolute atomic E-state index is 0.521. The Bertz CT molecular complexity index is 1130. The molecule has 0 atom stereocenters. The number of hydrogen-bond donors (Lipinski definition) is 2. The van der Waals surface area contributed by atoms with E-state index >= 15 is 0 Å². The number of thiol groups is 1. The number of nitrogen functional groups attached to an aromatic ring is 1. The van der Waals surface area contributed by atoms with E-state index in [0.29, 0.717) is 11.5 Å². The van der Waals surface area contributed by atoms with Crippen LogP contribution in [0.4, 0.5) is 11.6 Å². The summed E-state index contributed by atoms with van der Waals surface area (Å²) >= 11 is 7.94. The van der Waals surface area contributed by atoms with Crippen LogP contribution in [0.1, 0.15) is 6.92 Å². The minimum atomic E-state index is 0.521. The highest BCUT2D eigenvalue weighted by Gasteiger charge is 2.19. The Labute approximate surface area is 170 Å². The topological polar surface area (TPSA) is 72.3 Å². The molecule has 3 heterocycles. The van der Waals surface area contributed by atoms with Crippen LogP contribution < -0.4 is 10.6 Å². The van der Waals surface area contributed by atoms with Gasteiger partial charge in [-0.25, -0.2) is 4.98 Å². The highest BCUT2D eigenvalue weighted by atomic mass is 79.9. The Morgan fingerprint density at radius 2 is 2.07 bits per heavy atom. The van der Waals surface area contributed by atoms with E-state index in [1.54, 1.807) is 10.7 Å². The van der Waals surface area contributed by atoms with Crippen molar-refractivity contribution >= 4 is 56.7 Å². The van der Waals surface area contributed by atoms with Gasteiger partial charge >= 0.3 is 0 Å². The molecule has 0 fully saturated rings. The smallest absolute Gasteiger partial charge is 0.167 e. The summed E-state index contributed by atoms with van der Waals surface area (Å²) in [5.41, 5.74) is 9.87. The number of pyridine rings is 1. The van der Waals surface area contributed by atoms with E-state index in [1.165, 1.54) is 0 Å². The number of benzene rings is 1. The van der Waals surface area contributed by atoms with Crippen LogP contribution in [0.25, 0.3) is 27.7 Å². The monoisotopic (exact) mass is 442 g/mol. The van der Waals surface area contributed by atoms with Crippen molar-refractivity contribution in [2.75, 3.05) is 29.5 Å². The van der Waals surface area contributed by atoms with Crippen molar-refractivity contribution < 1.29 is 0 Å². The van der Waals surface area contributed by atoms with E-state index in [0.717, 1.165) is 51.2 Å². The van der Waals surface area contributed by atoms with Gasteiger partial charge in [0.1, 0.15) is 16.1 Å². The number of nitrogens with zero attached hydrogens (tertiary/aromatic N) is 5. The van der Waals surface area contributed by atoms with Gasteiger partial charge < -0.3 is 10.6 Å². The molecule has 8 heteroatoms. The third-order valence-electron chi connectivity index (χ3n) is 4.56. The molecule has 6 nitrogen and oxygen atoms in total. The first-order chi connectivity index (χ1) is 13.1. The van der Waals surface area contributed by atoms with E-state index in [-0.39, 0.29) is 0 Å². The molecule has 0 saturated carbocycles. The fourth-order valence-corrected chi connectivity index (χ4v) is 3.90. The molecule has 0 radical (unpaired) electrons. The molecule has 3 aromatic heterocycles. The predicted molar refractivity (Wildman–Crippen MR) is 118 cm³/mol. The average Bonchev–Trinajstić information content (AvgIpc) is 3.12. The second-order valence-corrected chi connectivity index (χ2v) is 7.39. The zero-order valence-corrected chi connectivity index (χ0v) is 17.3. The van der Waals surface area contributed by atoms with E-state index in [4.69, 9.17) is 10.7 Å². The van der Waals surface area contributed by atoms with Crippen molar-refractivity contribution in [2.45, 2.75) is 6.92 Å². The Kier molecular flexibility index (Phi) is 4.92. The molecule has 0 aliphatic heterocycles. The fraction of sp³-hybridized carbons (Fsp3) is 0.211. The Hall–Kier alpha value is -2.32. The van der Waals surface area contributed by atoms with Gasteiger partial charge in [-0.1, -0.05) is 18.2 Å². The van der Waals surface area contributed by atoms with Crippen molar-refractivity contribution in [1.29, 1.82) is 0 Å². The molecular formula is C19H19BrN6S. The quantitative estimate of drug-likeness (QED) is 0.456. The van der Waals surface area contributed by atoms with Crippen LogP contribution in [0, 0.1) is 0 Å². The van der Waals surface area contributed by atoms with Crippen molar-refractivity contribution in [3.05, 3.63) is 47.2 Å². The summed E-state index contributed by atoms with van der Waals surface area (Å²) in [6.07, 6.45) is 3.64. The highest BCUT2D eigenvalue weighted by Crippen LogP contribution is 2.34. The second-order valence-electron chi connectivity index (χ2n) is 6.15. The summed E-state index contributed by atoms with van der Waals surface area (Å²) in [5.74, 6) is 2.05. The first-order valence-electron chi connectivity index (χ1n) is 8.67. The molecule has 0 bridgehead atoms. The number of aromatic nitrogens is 4. The van der Waals surface area contributed by atoms with Crippen LogP contribution in [0.15, 0.2) is 47.2 Å². The Balaban J connectivity index is 1.92. The lowest BCUT2D eigenvalue weighted by Crippen LogP contribution is -2.27. The van der Waals surface area contributed by atoms with Gasteiger partial charge in [0, 0.05) is 41.6 Å². The molecule has 0 unspecified atom stereocenters. The molecule has 0 aliphatic rings. The molecular weight excluding hydrogens is 424 g/mol. The Morgan fingerprint density at radius 3 is 2.85 bits per heavy atom. The molecule has 0 spiro atoms. The number of fused-ring (bicyclic) bond motifs is 2. The molecule has 0 saturated heterocycles. The van der Waals surface area contributed by atoms with Gasteiger partial charge in [-0.05, 0) is 35.0 Å². The summed E-state index contributed by atoms with van der Waals surface area (Å²) in [4.78, 5) is 11.6. The van der Waals surface area contributed by atoms with Gasteiger partial charge in [0.05, 0.1) is 11.7 Å². The van der Waals surface area contributed by atoms with Crippen LogP contribution >= 0.6 is 28.6 Å². The zero-order chi connectivity index (χ0) is 19.0. The first-order valence-corrected chi connectivity index (χ1v) is 10.1. The third-order valence-corrected chi connectivity index (χ3v) is 5.52. The van der Waals surface area contributed by atoms with Crippen molar-refractivity contribution in [1.82, 2.24) is 19.6 Å². The maximum absolute atomic E-state index is 6.34. The van der Waals surface area contributed by atoms with Crippen LogP contribution in [0.5, 0.6) is 0 Å². The van der Waals surface area contributed by atoms with Gasteiger partial charge in [-0.3, -0.25) is 4.98 Å². The lowest BCUT2D eigenvalue weighted by molar-refractivity contribution is 0.840. The zero-order valence-electron chi connectivity index (χ0n) is 14.8. The molecule has 138 valence electrons. The first kappa shape index (κ1) is 18.1. The van der Waals surface area contributed by atoms with E-state index < -0.39 is 0 Å². The molecule has 27 heavy (non-hydrogen) atoms. The maximum Gasteiger partial charge on any atom is 0.167 e. The van der Waals surface area contributed by atoms with E-state index in [9.17, 15) is 0 Å². The molecule has 2 N–H and O–H groups in total. The number of para-hydroxylation sites is 1. The van der Waals surface area contributed by atoms with Crippen LogP contribution in [-0.4, -0.2) is 38.4 Å². The van der Waals surface area contributed by atoms with Crippen LogP contribution in [-0.2, 0) is 0 Å². The molecule has 0 aliphatic carbocycles. The maximum atomic E-state index is 6.34. The average molecular weight is 443 g/mol. The number of halogens is 1. The van der Waals surface area contributed by atoms with E-state index in [1.807, 2.05) is 30.5 Å². The lowest BCUT2D eigenvalue weighted by atomic mass is 10.1. The number of anilines is 2. The molecule has 0 amide bonds. The fourth-order valence-electron chi connectivity index (χ4n) is 3.15. The number of rotatable bonds is 5. The highest BCUT2D eigenvalue weighted by molar-refractivity contribution is 9.10. The van der Waals surface area contributed by atoms with Crippen LogP contribution in [0.3, 0.4) is 0 Å². The van der Waals surface area contributed by atoms with Gasteiger partial charge in [-0.15, -0.1) is 0 Å². The summed E-state index contributed by atoms with van der Waals surface area (Å²) in [7, 11) is 0. The largest absolute Gasteiger partial charge is 0.383 e. The normalized spacial score (nSPS) is 11.4. The molecule has 1 aromatic carbocycles. The van der Waals surface area contributed by atoms with Crippen LogP contribution in [0.2, 0.25) is 0 Å². The van der Waals surface area contributed by atoms with Gasteiger partial charge in [0.15, 0.2) is 5.65 Å². The lowest BCUT2D eigenvalue weighted by Gasteiger charge is -2.23. The van der Waals surface area contributed by atoms with Crippen molar-refractivity contribution in [3.63, 3.8) is 0 Å². The molecule has 4 aromatic rings. The number of nitrogens with two attached hydrogens (primary N) is 1. The van der Waals surface area contributed by atoms with E-state index in [2.05, 4.69) is 56.5 Å². The van der Waals surface area contributed by atoms with Crippen molar-refractivity contribution in [3.8, 4) is 11.1 Å². The summed E-state index contributed by atoms with van der Waals surface area (Å²) in [6.45, 7) is 3.67. The summed E-state index contributed by atoms with van der Waals surface area (Å²) < 4.78 is 2.40. The van der Waals surface area contributed by atoms with Gasteiger partial charge in [0.2, 0.25) is 0 Å². The SMILES string of the molecule is CCN(CCS)c1nc2c(-c3cnc4ccccc4c3)cnn2c(N)c1Br. The van der Waals surface area contributed by atoms with Gasteiger partial charge in [0.25, 0.3) is 0 Å². The third kappa shape index (κ3) is 3.12. The standard InChI is InChI=1S/C19H19BrN6S/c1-2-25(7-8-27)19-16(20)17(21)26-18(24-19)14(11-23-26)13-9-12-5-3-4-6-15(12)22-10-13/h3-6,9-11,27H,2,7-8,21H2,1H3. The summed E-state index contributed by atoms with van der Waals surface area (Å²) in [6, 6.07) is 10.1. The second kappa shape index (κ2) is 7.36. The minimum Gasteiger partial charge on any atom is -0.383 e. The van der Waals surface area contributed by atoms with Gasteiger partial charge in [-0.2, -0.15) is 22.2 Å². The number of hydrogen-bond acceptors (Lipinski definition) is 6. The Morgan fingerprint density at radius 1 is 1.26 bits per heavy atom. The van der Waals surface area contributed by atoms with Crippen molar-refractivity contribution in [2.24, 2.45) is 0 Å². The predicted octanol–water partition coefficient (Wildman–Crippen LogP) is 4.05. The molecule has 4 rings (SSSR count).